The average Bonchev–Trinajstić information content (AvgIpc) is 3.13. The third-order valence-corrected chi connectivity index (χ3v) is 20.1. The molecule has 4 aromatic rings. The predicted molar refractivity (Wildman–Crippen MR) is 326 cm³/mol. The average molecular weight is 1020 g/mol. The lowest BCUT2D eigenvalue weighted by molar-refractivity contribution is 0.553. The molecule has 0 aromatic heterocycles. The molecule has 0 radical (unpaired) electrons. The summed E-state index contributed by atoms with van der Waals surface area (Å²) in [5.41, 5.74) is 18.0. The molecule has 4 aromatic carbocycles. The molecule has 0 unspecified atom stereocenters. The van der Waals surface area contributed by atoms with Crippen LogP contribution in [0.1, 0.15) is 274 Å². The van der Waals surface area contributed by atoms with E-state index < -0.39 is 0 Å². The smallest absolute Gasteiger partial charge is 0.0138 e. The van der Waals surface area contributed by atoms with Gasteiger partial charge in [0.1, 0.15) is 0 Å². The minimum absolute atomic E-state index is 0.0125. The zero-order valence-electron chi connectivity index (χ0n) is 50.8. The first-order valence-electron chi connectivity index (χ1n) is 26.6. The molecular weight excluding hydrogens is 917 g/mol. The molecule has 4 heteroatoms. The molecule has 0 nitrogen and oxygen atoms in total. The number of rotatable bonds is 7. The van der Waals surface area contributed by atoms with Crippen LogP contribution in [0.15, 0.2) is 48.5 Å². The molecule has 386 valence electrons. The highest BCUT2D eigenvalue weighted by Gasteiger charge is 2.33. The molecule has 0 heterocycles. The van der Waals surface area contributed by atoms with Crippen molar-refractivity contribution in [3.63, 3.8) is 0 Å². The summed E-state index contributed by atoms with van der Waals surface area (Å²) in [6, 6.07) is 20.7. The van der Waals surface area contributed by atoms with Gasteiger partial charge in [0.2, 0.25) is 0 Å². The molecule has 0 saturated heterocycles. The van der Waals surface area contributed by atoms with Gasteiger partial charge in [0, 0.05) is 21.2 Å². The Morgan fingerprint density at radius 2 is 0.371 bits per heavy atom. The molecule has 4 rings (SSSR count). The number of benzene rings is 4. The summed E-state index contributed by atoms with van der Waals surface area (Å²) >= 11 is 0. The molecule has 0 N–H and O–H groups in total. The molecule has 0 bridgehead atoms. The van der Waals surface area contributed by atoms with E-state index in [4.69, 9.17) is 0 Å². The van der Waals surface area contributed by atoms with E-state index in [9.17, 15) is 0 Å². The van der Waals surface area contributed by atoms with Crippen molar-refractivity contribution in [2.75, 3.05) is 0 Å². The van der Waals surface area contributed by atoms with Crippen LogP contribution in [0.2, 0.25) is 0 Å². The fourth-order valence-electron chi connectivity index (χ4n) is 9.12. The van der Waals surface area contributed by atoms with Crippen molar-refractivity contribution in [3.05, 3.63) is 115 Å². The summed E-state index contributed by atoms with van der Waals surface area (Å²) in [4.78, 5) is 0. The van der Waals surface area contributed by atoms with Gasteiger partial charge in [-0.2, -0.15) is 0 Å². The zero-order valence-corrected chi connectivity index (χ0v) is 54.4. The monoisotopic (exact) mass is 1020 g/mol. The Kier molecular flexibility index (Phi) is 17.6. The first-order valence-corrected chi connectivity index (χ1v) is 31.6. The summed E-state index contributed by atoms with van der Waals surface area (Å²) in [5, 5.41) is 6.11. The molecule has 0 atom stereocenters. The normalized spacial score (nSPS) is 14.4. The van der Waals surface area contributed by atoms with Crippen molar-refractivity contribution in [3.8, 4) is 0 Å². The van der Waals surface area contributed by atoms with Crippen LogP contribution in [0.25, 0.3) is 0 Å². The van der Waals surface area contributed by atoms with Gasteiger partial charge in [-0.3, -0.25) is 0 Å². The summed E-state index contributed by atoms with van der Waals surface area (Å²) in [6.07, 6.45) is 2.01. The fraction of sp³-hybridized carbons (Fsp3) is 0.636. The molecule has 70 heavy (non-hydrogen) atoms. The van der Waals surface area contributed by atoms with Crippen molar-refractivity contribution in [1.82, 2.24) is 0 Å². The first kappa shape index (κ1) is 60.6. The summed E-state index contributed by atoms with van der Waals surface area (Å²) in [7, 11) is 5.45. The van der Waals surface area contributed by atoms with Crippen LogP contribution >= 0.6 is 31.5 Å². The second kappa shape index (κ2) is 20.3. The second-order valence-corrected chi connectivity index (χ2v) is 36.3. The molecule has 0 aliphatic heterocycles. The molecule has 0 fully saturated rings. The van der Waals surface area contributed by atoms with Crippen LogP contribution in [-0.2, 0) is 67.0 Å². The van der Waals surface area contributed by atoms with Crippen molar-refractivity contribution in [2.45, 2.75) is 275 Å². The Morgan fingerprint density at radius 1 is 0.214 bits per heavy atom. The van der Waals surface area contributed by atoms with E-state index >= 15 is 0 Å². The van der Waals surface area contributed by atoms with Gasteiger partial charge < -0.3 is 0 Å². The predicted octanol–water partition coefficient (Wildman–Crippen LogP) is 20.0. The molecular formula is C66H102P4. The van der Waals surface area contributed by atoms with Crippen molar-refractivity contribution < 1.29 is 0 Å². The minimum atomic E-state index is -0.0179. The Morgan fingerprint density at radius 3 is 0.543 bits per heavy atom. The Hall–Kier alpha value is -1.92. The molecule has 0 saturated carbocycles. The zero-order chi connectivity index (χ0) is 54.1. The summed E-state index contributed by atoms with van der Waals surface area (Å²) in [6.45, 7) is 72.4. The maximum atomic E-state index is 2.63. The van der Waals surface area contributed by atoms with E-state index in [2.05, 4.69) is 256 Å². The topological polar surface area (TPSA) is 0 Å². The highest BCUT2D eigenvalue weighted by molar-refractivity contribution is 7.92. The quantitative estimate of drug-likeness (QED) is 0.162. The van der Waals surface area contributed by atoms with Crippen LogP contribution in [0.4, 0.5) is 0 Å². The number of hydrogen-bond acceptors (Lipinski definition) is 0. The van der Waals surface area contributed by atoms with Gasteiger partial charge >= 0.3 is 0 Å². The van der Waals surface area contributed by atoms with Crippen molar-refractivity contribution in [2.24, 2.45) is 0 Å². The number of aryl methyl sites for hydroxylation is 2. The lowest BCUT2D eigenvalue weighted by atomic mass is 9.75. The van der Waals surface area contributed by atoms with Gasteiger partial charge in [-0.25, -0.2) is 0 Å². The van der Waals surface area contributed by atoms with E-state index in [0.29, 0.717) is 0 Å². The van der Waals surface area contributed by atoms with Crippen LogP contribution in [0.5, 0.6) is 0 Å². The van der Waals surface area contributed by atoms with Crippen LogP contribution < -0.4 is 21.2 Å². The van der Waals surface area contributed by atoms with Gasteiger partial charge in [0.15, 0.2) is 0 Å². The van der Waals surface area contributed by atoms with Crippen LogP contribution in [0.3, 0.4) is 0 Å². The lowest BCUT2D eigenvalue weighted by Gasteiger charge is -2.33. The van der Waals surface area contributed by atoms with E-state index in [0.717, 1.165) is 12.8 Å². The highest BCUT2D eigenvalue weighted by Crippen LogP contribution is 2.42. The highest BCUT2D eigenvalue weighted by atomic mass is 31.7. The second-order valence-electron chi connectivity index (χ2n) is 31.3. The maximum Gasteiger partial charge on any atom is 0.0138 e. The summed E-state index contributed by atoms with van der Waals surface area (Å²) < 4.78 is 0. The van der Waals surface area contributed by atoms with Gasteiger partial charge in [-0.05, 0) is 165 Å². The van der Waals surface area contributed by atoms with Crippen LogP contribution in [-0.4, -0.2) is 0 Å². The van der Waals surface area contributed by atoms with Crippen molar-refractivity contribution >= 4 is 52.7 Å². The van der Waals surface area contributed by atoms with E-state index in [-0.39, 0.29) is 54.1 Å². The van der Waals surface area contributed by atoms with E-state index in [1.54, 1.807) is 0 Å². The van der Waals surface area contributed by atoms with Crippen molar-refractivity contribution in [1.29, 1.82) is 0 Å². The van der Waals surface area contributed by atoms with Crippen LogP contribution in [0, 0.1) is 0 Å². The third-order valence-electron chi connectivity index (χ3n) is 14.1. The first-order chi connectivity index (χ1) is 31.0. The Labute approximate surface area is 440 Å². The largest absolute Gasteiger partial charge is 0.0561 e. The number of hydrogen-bond donors (Lipinski definition) is 0. The van der Waals surface area contributed by atoms with E-state index in [1.165, 1.54) is 119 Å². The molecule has 0 aliphatic carbocycles. The third kappa shape index (κ3) is 14.9. The molecule has 0 spiro atoms. The Balaban J connectivity index is 2.16. The van der Waals surface area contributed by atoms with Gasteiger partial charge in [0.25, 0.3) is 0 Å². The van der Waals surface area contributed by atoms with E-state index in [1.807, 2.05) is 0 Å². The Bertz CT molecular complexity index is 2340. The van der Waals surface area contributed by atoms with Gasteiger partial charge in [-0.1, -0.05) is 256 Å². The lowest BCUT2D eigenvalue weighted by Crippen LogP contribution is -2.30. The molecule has 0 amide bonds. The molecule has 0 aliphatic rings. The standard InChI is InChI=1S/C66H102P4/c1-57(2,3)43-33-41(53(47(35-43)61(13,14)15)67-69-55-49(63(19,20)21)37-45(59(7,8)9)38-50(55)64(22,23)24)31-32-42-34-44(58(4,5)6)36-48(62(16,17)18)54(42)68-70-56-51(65(25,26)27)39-46(60(10,11)12)40-52(56)66(28,29)30/h33-40H,31-32H2,1-30H3. The SMILES string of the molecule is CC(C)(C)c1cc(CCc2cc(C(C)(C)C)cc(C(C)(C)C)c2P=Pc2c(C(C)(C)C)cc(C(C)(C)C)cc2C(C)(C)C)c(P=Pc2c(C(C)(C)C)cc(C(C)(C)C)cc2C(C)(C)C)c(C(C)(C)C)c1. The maximum absolute atomic E-state index is 2.63. The van der Waals surface area contributed by atoms with Gasteiger partial charge in [-0.15, -0.1) is 0 Å². The van der Waals surface area contributed by atoms with Gasteiger partial charge in [0.05, 0.1) is 0 Å². The summed E-state index contributed by atoms with van der Waals surface area (Å²) in [5.74, 6) is 0. The minimum Gasteiger partial charge on any atom is -0.0561 e. The fourth-order valence-corrected chi connectivity index (χ4v) is 17.1.